The average Bonchev–Trinajstić information content (AvgIpc) is 3.02. The van der Waals surface area contributed by atoms with Crippen molar-refractivity contribution in [1.29, 1.82) is 0 Å². The van der Waals surface area contributed by atoms with Gasteiger partial charge in [-0.3, -0.25) is 0 Å². The molecule has 0 radical (unpaired) electrons. The van der Waals surface area contributed by atoms with Crippen molar-refractivity contribution in [2.45, 2.75) is 129 Å². The van der Waals surface area contributed by atoms with E-state index in [0.29, 0.717) is 0 Å². The third kappa shape index (κ3) is 12.0. The monoisotopic (exact) mass is 569 g/mol. The number of nitrogens with zero attached hydrogens (tertiary/aromatic N) is 1. The number of unbranched alkanes of at least 4 members (excludes halogenated alkanes) is 14. The van der Waals surface area contributed by atoms with E-state index in [4.69, 9.17) is 4.74 Å². The zero-order valence-electron chi connectivity index (χ0n) is 26.5. The van der Waals surface area contributed by atoms with Crippen molar-refractivity contribution in [2.24, 2.45) is 0 Å². The van der Waals surface area contributed by atoms with E-state index in [-0.39, 0.29) is 6.09 Å². The minimum Gasteiger partial charge on any atom is -0.409 e. The van der Waals surface area contributed by atoms with Crippen LogP contribution in [-0.2, 0) is 12.8 Å². The van der Waals surface area contributed by atoms with Gasteiger partial charge in [0.15, 0.2) is 0 Å². The number of carbonyl (C=O) groups excluding carboxylic acids is 1. The fraction of sp³-hybridized carbons (Fsp3) is 0.513. The lowest BCUT2D eigenvalue weighted by Gasteiger charge is -2.23. The number of hydrogen-bond donors (Lipinski definition) is 0. The van der Waals surface area contributed by atoms with Crippen LogP contribution in [-0.4, -0.2) is 6.09 Å². The average molecular weight is 570 g/mol. The molecule has 228 valence electrons. The van der Waals surface area contributed by atoms with E-state index in [0.717, 1.165) is 36.4 Å². The molecule has 3 aromatic rings. The number of ether oxygens (including phenoxy) is 1. The minimum atomic E-state index is -0.367. The van der Waals surface area contributed by atoms with E-state index in [9.17, 15) is 4.79 Å². The Labute approximate surface area is 256 Å². The third-order valence-electron chi connectivity index (χ3n) is 8.22. The molecule has 42 heavy (non-hydrogen) atoms. The topological polar surface area (TPSA) is 29.5 Å². The van der Waals surface area contributed by atoms with Crippen molar-refractivity contribution in [3.8, 4) is 5.75 Å². The van der Waals surface area contributed by atoms with Gasteiger partial charge in [0, 0.05) is 0 Å². The van der Waals surface area contributed by atoms with Gasteiger partial charge in [0.2, 0.25) is 0 Å². The first-order chi connectivity index (χ1) is 20.7. The second-order valence-electron chi connectivity index (χ2n) is 11.7. The molecule has 0 bridgehead atoms. The maximum Gasteiger partial charge on any atom is 0.424 e. The Hall–Kier alpha value is -3.07. The molecule has 3 heteroatoms. The van der Waals surface area contributed by atoms with Crippen LogP contribution in [0.4, 0.5) is 16.2 Å². The van der Waals surface area contributed by atoms with Crippen molar-refractivity contribution >= 4 is 17.5 Å². The molecular formula is C39H55NO2. The van der Waals surface area contributed by atoms with E-state index >= 15 is 0 Å². The van der Waals surface area contributed by atoms with Gasteiger partial charge in [-0.1, -0.05) is 152 Å². The molecule has 0 heterocycles. The van der Waals surface area contributed by atoms with E-state index in [1.165, 1.54) is 107 Å². The fourth-order valence-electron chi connectivity index (χ4n) is 5.76. The van der Waals surface area contributed by atoms with Crippen LogP contribution < -0.4 is 9.64 Å². The predicted molar refractivity (Wildman–Crippen MR) is 180 cm³/mol. The van der Waals surface area contributed by atoms with Crippen molar-refractivity contribution in [3.05, 3.63) is 90.0 Å². The Kier molecular flexibility index (Phi) is 16.5. The lowest BCUT2D eigenvalue weighted by atomic mass is 9.95. The number of carbonyl (C=O) groups is 1. The Morgan fingerprint density at radius 3 is 1.48 bits per heavy atom. The molecule has 3 rings (SSSR count). The quantitative estimate of drug-likeness (QED) is 0.119. The Balaban J connectivity index is 1.69. The van der Waals surface area contributed by atoms with E-state index in [1.54, 1.807) is 4.90 Å². The number of hydrogen-bond acceptors (Lipinski definition) is 2. The zero-order valence-corrected chi connectivity index (χ0v) is 26.5. The van der Waals surface area contributed by atoms with Gasteiger partial charge in [-0.05, 0) is 67.1 Å². The van der Waals surface area contributed by atoms with Crippen LogP contribution >= 0.6 is 0 Å². The molecule has 0 N–H and O–H groups in total. The summed E-state index contributed by atoms with van der Waals surface area (Å²) in [5.74, 6) is 0.719. The summed E-state index contributed by atoms with van der Waals surface area (Å²) in [6, 6.07) is 25.9. The van der Waals surface area contributed by atoms with Crippen LogP contribution in [0.1, 0.15) is 128 Å². The molecule has 0 aliphatic rings. The molecule has 0 saturated carbocycles. The minimum absolute atomic E-state index is 0.367. The summed E-state index contributed by atoms with van der Waals surface area (Å²) >= 11 is 0. The van der Waals surface area contributed by atoms with Gasteiger partial charge in [-0.25, -0.2) is 9.69 Å². The lowest BCUT2D eigenvalue weighted by molar-refractivity contribution is 0.210. The lowest BCUT2D eigenvalue weighted by Crippen LogP contribution is -2.29. The smallest absolute Gasteiger partial charge is 0.409 e. The summed E-state index contributed by atoms with van der Waals surface area (Å²) < 4.78 is 6.25. The number of benzene rings is 3. The summed E-state index contributed by atoms with van der Waals surface area (Å²) in [6.07, 6.45) is 22.5. The maximum atomic E-state index is 13.8. The predicted octanol–water partition coefficient (Wildman–Crippen LogP) is 12.4. The molecule has 0 spiro atoms. The zero-order chi connectivity index (χ0) is 29.7. The largest absolute Gasteiger partial charge is 0.424 e. The highest BCUT2D eigenvalue weighted by atomic mass is 16.6. The molecule has 0 atom stereocenters. The van der Waals surface area contributed by atoms with Gasteiger partial charge in [-0.15, -0.1) is 0 Å². The second kappa shape index (κ2) is 20.8. The van der Waals surface area contributed by atoms with Gasteiger partial charge < -0.3 is 4.74 Å². The van der Waals surface area contributed by atoms with Crippen molar-refractivity contribution < 1.29 is 9.53 Å². The van der Waals surface area contributed by atoms with Crippen LogP contribution in [0.3, 0.4) is 0 Å². The number of amides is 1. The molecule has 0 unspecified atom stereocenters. The number of anilines is 2. The molecule has 3 aromatic carbocycles. The molecule has 3 nitrogen and oxygen atoms in total. The van der Waals surface area contributed by atoms with E-state index in [1.807, 2.05) is 66.7 Å². The maximum absolute atomic E-state index is 13.8. The number of aryl methyl sites for hydroxylation is 1. The fourth-order valence-corrected chi connectivity index (χ4v) is 5.76. The van der Waals surface area contributed by atoms with Crippen LogP contribution in [0.25, 0.3) is 0 Å². The molecule has 1 amide bonds. The summed E-state index contributed by atoms with van der Waals surface area (Å²) in [6.45, 7) is 4.55. The normalized spacial score (nSPS) is 11.0. The molecular weight excluding hydrogens is 514 g/mol. The van der Waals surface area contributed by atoms with Gasteiger partial charge in [-0.2, -0.15) is 0 Å². The van der Waals surface area contributed by atoms with Crippen molar-refractivity contribution in [2.75, 3.05) is 4.90 Å². The summed E-state index contributed by atoms with van der Waals surface area (Å²) in [5, 5.41) is 0. The van der Waals surface area contributed by atoms with Crippen molar-refractivity contribution in [1.82, 2.24) is 0 Å². The summed E-state index contributed by atoms with van der Waals surface area (Å²) in [5.41, 5.74) is 4.17. The van der Waals surface area contributed by atoms with Gasteiger partial charge >= 0.3 is 6.09 Å². The Morgan fingerprint density at radius 1 is 0.524 bits per heavy atom. The van der Waals surface area contributed by atoms with Crippen molar-refractivity contribution in [3.63, 3.8) is 0 Å². The Bertz CT molecular complexity index is 1070. The molecule has 0 aliphatic carbocycles. The molecule has 0 aliphatic heterocycles. The molecule has 0 saturated heterocycles. The molecule has 0 aromatic heterocycles. The highest BCUT2D eigenvalue weighted by Crippen LogP contribution is 2.31. The number of rotatable bonds is 21. The highest BCUT2D eigenvalue weighted by molar-refractivity contribution is 5.97. The van der Waals surface area contributed by atoms with Crippen LogP contribution in [0.15, 0.2) is 78.9 Å². The first-order valence-electron chi connectivity index (χ1n) is 17.0. The Morgan fingerprint density at radius 2 is 0.976 bits per heavy atom. The molecule has 0 fully saturated rings. The van der Waals surface area contributed by atoms with Crippen LogP contribution in [0, 0.1) is 0 Å². The summed E-state index contributed by atoms with van der Waals surface area (Å²) in [7, 11) is 0. The standard InChI is InChI=1S/C39H55NO2/c1-3-5-7-9-11-13-15-19-26-34-27-25-33-38(37(34)32-24-16-14-12-10-8-6-4-2)42-39(41)40(35-28-20-17-21-29-35)36-30-22-18-23-31-36/h17-18,20-23,25,27-31,33H,3-16,19,24,26,32H2,1-2H3. The first kappa shape index (κ1) is 33.4. The van der Waals surface area contributed by atoms with Gasteiger partial charge in [0.25, 0.3) is 0 Å². The van der Waals surface area contributed by atoms with Gasteiger partial charge in [0.05, 0.1) is 11.4 Å². The van der Waals surface area contributed by atoms with Crippen LogP contribution in [0.2, 0.25) is 0 Å². The number of para-hydroxylation sites is 2. The van der Waals surface area contributed by atoms with Gasteiger partial charge in [0.1, 0.15) is 5.75 Å². The van der Waals surface area contributed by atoms with E-state index < -0.39 is 0 Å². The first-order valence-corrected chi connectivity index (χ1v) is 17.0. The third-order valence-corrected chi connectivity index (χ3v) is 8.22. The van der Waals surface area contributed by atoms with Crippen LogP contribution in [0.5, 0.6) is 5.75 Å². The second-order valence-corrected chi connectivity index (χ2v) is 11.7. The summed E-state index contributed by atoms with van der Waals surface area (Å²) in [4.78, 5) is 15.5. The highest BCUT2D eigenvalue weighted by Gasteiger charge is 2.22. The van der Waals surface area contributed by atoms with E-state index in [2.05, 4.69) is 26.0 Å². The SMILES string of the molecule is CCCCCCCCCCc1cccc(OC(=O)N(c2ccccc2)c2ccccc2)c1CCCCCCCCCC.